The van der Waals surface area contributed by atoms with Crippen LogP contribution in [0.4, 0.5) is 0 Å². The molecule has 0 radical (unpaired) electrons. The normalized spacial score (nSPS) is 12.2. The predicted octanol–water partition coefficient (Wildman–Crippen LogP) is 4.16. The summed E-state index contributed by atoms with van der Waals surface area (Å²) in [7, 11) is 0. The first-order valence-corrected chi connectivity index (χ1v) is 7.64. The molecule has 0 spiro atoms. The minimum absolute atomic E-state index is 0.0724. The van der Waals surface area contributed by atoms with Crippen molar-refractivity contribution in [2.24, 2.45) is 0 Å². The Kier molecular flexibility index (Phi) is 4.53. The summed E-state index contributed by atoms with van der Waals surface area (Å²) in [4.78, 5) is 16.1. The molecule has 0 saturated carbocycles. The molecule has 0 aliphatic carbocycles. The van der Waals surface area contributed by atoms with Gasteiger partial charge in [0.2, 0.25) is 0 Å². The Morgan fingerprint density at radius 2 is 2.28 bits per heavy atom. The zero-order valence-electron chi connectivity index (χ0n) is 9.48. The molecule has 1 amide bonds. The molecule has 0 aliphatic heterocycles. The van der Waals surface area contributed by atoms with Gasteiger partial charge in [0.15, 0.2) is 0 Å². The van der Waals surface area contributed by atoms with Gasteiger partial charge in [0.05, 0.1) is 19.2 Å². The molecule has 0 fully saturated rings. The van der Waals surface area contributed by atoms with Gasteiger partial charge in [-0.2, -0.15) is 0 Å². The van der Waals surface area contributed by atoms with Crippen molar-refractivity contribution in [2.75, 3.05) is 0 Å². The molecule has 0 saturated heterocycles. The second kappa shape index (κ2) is 5.95. The molecule has 0 aromatic carbocycles. The maximum absolute atomic E-state index is 12.1. The summed E-state index contributed by atoms with van der Waals surface area (Å²) < 4.78 is 1.75. The third-order valence-corrected chi connectivity index (χ3v) is 4.77. The average molecular weight is 390 g/mol. The molecule has 2 heterocycles. The van der Waals surface area contributed by atoms with Gasteiger partial charge in [-0.25, -0.2) is 0 Å². The Bertz CT molecular complexity index is 556. The molecule has 6 heteroatoms. The van der Waals surface area contributed by atoms with E-state index in [2.05, 4.69) is 42.2 Å². The van der Waals surface area contributed by atoms with Gasteiger partial charge in [-0.05, 0) is 56.5 Å². The van der Waals surface area contributed by atoms with Crippen LogP contribution in [-0.2, 0) is 0 Å². The number of aromatic nitrogens is 1. The Morgan fingerprint density at radius 3 is 2.83 bits per heavy atom. The lowest BCUT2D eigenvalue weighted by Gasteiger charge is -2.13. The highest BCUT2D eigenvalue weighted by Gasteiger charge is 2.16. The zero-order chi connectivity index (χ0) is 13.1. The van der Waals surface area contributed by atoms with Gasteiger partial charge in [0, 0.05) is 12.4 Å². The molecular formula is C12H10Br2N2OS. The van der Waals surface area contributed by atoms with Crippen LogP contribution < -0.4 is 5.32 Å². The second-order valence-electron chi connectivity index (χ2n) is 3.72. The predicted molar refractivity (Wildman–Crippen MR) is 79.8 cm³/mol. The van der Waals surface area contributed by atoms with Gasteiger partial charge in [0.25, 0.3) is 5.91 Å². The fourth-order valence-corrected chi connectivity index (χ4v) is 4.28. The van der Waals surface area contributed by atoms with E-state index in [1.807, 2.05) is 19.1 Å². The molecule has 2 aromatic heterocycles. The van der Waals surface area contributed by atoms with Crippen molar-refractivity contribution in [1.29, 1.82) is 0 Å². The number of amides is 1. The van der Waals surface area contributed by atoms with Gasteiger partial charge >= 0.3 is 0 Å². The summed E-state index contributed by atoms with van der Waals surface area (Å²) in [6, 6.07) is 5.53. The first-order chi connectivity index (χ1) is 8.58. The topological polar surface area (TPSA) is 42.0 Å². The second-order valence-corrected chi connectivity index (χ2v) is 7.47. The lowest BCUT2D eigenvalue weighted by Crippen LogP contribution is -2.26. The zero-order valence-corrected chi connectivity index (χ0v) is 13.5. The van der Waals surface area contributed by atoms with Crippen LogP contribution in [0.2, 0.25) is 0 Å². The molecule has 2 aromatic rings. The summed E-state index contributed by atoms with van der Waals surface area (Å²) in [5.41, 5.74) is 1.62. The molecule has 18 heavy (non-hydrogen) atoms. The van der Waals surface area contributed by atoms with Gasteiger partial charge < -0.3 is 5.32 Å². The SMILES string of the molecule is CC(NC(=O)c1cc(Br)sc1Br)c1cccnc1. The Labute approximate surface area is 126 Å². The van der Waals surface area contributed by atoms with E-state index in [0.29, 0.717) is 5.56 Å². The highest BCUT2D eigenvalue weighted by Crippen LogP contribution is 2.32. The van der Waals surface area contributed by atoms with E-state index in [9.17, 15) is 4.79 Å². The van der Waals surface area contributed by atoms with Gasteiger partial charge in [-0.1, -0.05) is 6.07 Å². The smallest absolute Gasteiger partial charge is 0.253 e. The lowest BCUT2D eigenvalue weighted by molar-refractivity contribution is 0.0939. The summed E-state index contributed by atoms with van der Waals surface area (Å²) in [6.07, 6.45) is 3.47. The van der Waals surface area contributed by atoms with Crippen molar-refractivity contribution in [2.45, 2.75) is 13.0 Å². The molecule has 94 valence electrons. The van der Waals surface area contributed by atoms with E-state index in [0.717, 1.165) is 13.1 Å². The van der Waals surface area contributed by atoms with E-state index >= 15 is 0 Å². The molecule has 1 atom stereocenters. The maximum atomic E-state index is 12.1. The van der Waals surface area contributed by atoms with Crippen molar-refractivity contribution in [3.63, 3.8) is 0 Å². The first kappa shape index (κ1) is 13.7. The maximum Gasteiger partial charge on any atom is 0.253 e. The van der Waals surface area contributed by atoms with Crippen LogP contribution in [0, 0.1) is 0 Å². The van der Waals surface area contributed by atoms with Crippen LogP contribution in [0.3, 0.4) is 0 Å². The van der Waals surface area contributed by atoms with Crippen LogP contribution in [0.25, 0.3) is 0 Å². The van der Waals surface area contributed by atoms with Crippen LogP contribution in [0.1, 0.15) is 28.9 Å². The number of carbonyl (C=O) groups excluding carboxylic acids is 1. The fourth-order valence-electron chi connectivity index (χ4n) is 1.48. The van der Waals surface area contributed by atoms with E-state index in [1.54, 1.807) is 18.5 Å². The average Bonchev–Trinajstić information content (AvgIpc) is 2.69. The van der Waals surface area contributed by atoms with Crippen molar-refractivity contribution < 1.29 is 4.79 Å². The molecule has 1 N–H and O–H groups in total. The number of pyridine rings is 1. The quantitative estimate of drug-likeness (QED) is 0.856. The minimum Gasteiger partial charge on any atom is -0.345 e. The van der Waals surface area contributed by atoms with Gasteiger partial charge in [-0.3, -0.25) is 9.78 Å². The molecule has 0 aliphatic rings. The third kappa shape index (κ3) is 3.18. The van der Waals surface area contributed by atoms with Crippen LogP contribution in [0.15, 0.2) is 38.2 Å². The largest absolute Gasteiger partial charge is 0.345 e. The van der Waals surface area contributed by atoms with E-state index in [4.69, 9.17) is 0 Å². The summed E-state index contributed by atoms with van der Waals surface area (Å²) >= 11 is 8.22. The van der Waals surface area contributed by atoms with Gasteiger partial charge in [0.1, 0.15) is 0 Å². The summed E-state index contributed by atoms with van der Waals surface area (Å²) in [6.45, 7) is 1.93. The summed E-state index contributed by atoms with van der Waals surface area (Å²) in [5.74, 6) is -0.0971. The number of carbonyl (C=O) groups is 1. The minimum atomic E-state index is -0.0971. The van der Waals surface area contributed by atoms with Crippen molar-refractivity contribution in [3.05, 3.63) is 49.3 Å². The number of nitrogens with zero attached hydrogens (tertiary/aromatic N) is 1. The monoisotopic (exact) mass is 388 g/mol. The van der Waals surface area contributed by atoms with Gasteiger partial charge in [-0.15, -0.1) is 11.3 Å². The van der Waals surface area contributed by atoms with Crippen molar-refractivity contribution in [1.82, 2.24) is 10.3 Å². The van der Waals surface area contributed by atoms with E-state index in [1.165, 1.54) is 11.3 Å². The van der Waals surface area contributed by atoms with Crippen molar-refractivity contribution in [3.8, 4) is 0 Å². The highest BCUT2D eigenvalue weighted by molar-refractivity contribution is 9.12. The number of hydrogen-bond donors (Lipinski definition) is 1. The molecule has 3 nitrogen and oxygen atoms in total. The molecule has 1 unspecified atom stereocenters. The van der Waals surface area contributed by atoms with E-state index < -0.39 is 0 Å². The van der Waals surface area contributed by atoms with E-state index in [-0.39, 0.29) is 11.9 Å². The Hall–Kier alpha value is -0.720. The number of thiophene rings is 1. The van der Waals surface area contributed by atoms with Crippen LogP contribution in [0.5, 0.6) is 0 Å². The standard InChI is InChI=1S/C12H10Br2N2OS/c1-7(8-3-2-4-15-6-8)16-12(17)9-5-10(13)18-11(9)14/h2-7H,1H3,(H,16,17). The highest BCUT2D eigenvalue weighted by atomic mass is 79.9. The van der Waals surface area contributed by atoms with Crippen molar-refractivity contribution >= 4 is 49.1 Å². The summed E-state index contributed by atoms with van der Waals surface area (Å²) in [5, 5.41) is 2.94. The lowest BCUT2D eigenvalue weighted by atomic mass is 10.1. The van der Waals surface area contributed by atoms with Crippen LogP contribution in [-0.4, -0.2) is 10.9 Å². The Balaban J connectivity index is 2.10. The Morgan fingerprint density at radius 1 is 1.50 bits per heavy atom. The van der Waals surface area contributed by atoms with Crippen LogP contribution >= 0.6 is 43.2 Å². The first-order valence-electron chi connectivity index (χ1n) is 5.23. The number of halogens is 2. The molecule has 0 bridgehead atoms. The number of hydrogen-bond acceptors (Lipinski definition) is 3. The number of nitrogens with one attached hydrogen (secondary N) is 1. The molecular weight excluding hydrogens is 380 g/mol. The fraction of sp³-hybridized carbons (Fsp3) is 0.167. The molecule has 2 rings (SSSR count). The third-order valence-electron chi connectivity index (χ3n) is 2.43. The number of rotatable bonds is 3.